The Morgan fingerprint density at radius 1 is 1.10 bits per heavy atom. The molecule has 0 heterocycles. The third-order valence-corrected chi connectivity index (χ3v) is 3.01. The van der Waals surface area contributed by atoms with Crippen molar-refractivity contribution in [3.63, 3.8) is 0 Å². The van der Waals surface area contributed by atoms with Gasteiger partial charge in [-0.3, -0.25) is 4.79 Å². The summed E-state index contributed by atoms with van der Waals surface area (Å²) in [5, 5.41) is 9.48. The van der Waals surface area contributed by atoms with Crippen molar-refractivity contribution in [3.8, 4) is 6.07 Å². The van der Waals surface area contributed by atoms with Crippen LogP contribution in [0.2, 0.25) is 5.02 Å². The molecule has 2 aromatic carbocycles. The Morgan fingerprint density at radius 3 is 2.19 bits per heavy atom. The highest BCUT2D eigenvalue weighted by atomic mass is 35.5. The summed E-state index contributed by atoms with van der Waals surface area (Å²) in [5.41, 5.74) is -0.568. The summed E-state index contributed by atoms with van der Waals surface area (Å²) in [4.78, 5) is 12.1. The van der Waals surface area contributed by atoms with Gasteiger partial charge in [0.25, 0.3) is 0 Å². The van der Waals surface area contributed by atoms with Crippen molar-refractivity contribution >= 4 is 23.5 Å². The highest BCUT2D eigenvalue weighted by Gasteiger charge is 2.14. The minimum Gasteiger partial charge on any atom is -0.288 e. The number of ketones is 1. The molecular weight excluding hydrogens is 296 g/mol. The summed E-state index contributed by atoms with van der Waals surface area (Å²) < 4.78 is 27.1. The van der Waals surface area contributed by atoms with Crippen molar-refractivity contribution < 1.29 is 13.6 Å². The van der Waals surface area contributed by atoms with E-state index < -0.39 is 23.0 Å². The second-order valence-electron chi connectivity index (χ2n) is 4.14. The van der Waals surface area contributed by atoms with E-state index >= 15 is 0 Å². The zero-order chi connectivity index (χ0) is 15.4. The number of halogens is 3. The van der Waals surface area contributed by atoms with Gasteiger partial charge >= 0.3 is 0 Å². The van der Waals surface area contributed by atoms with Crippen LogP contribution >= 0.6 is 11.6 Å². The monoisotopic (exact) mass is 303 g/mol. The summed E-state index contributed by atoms with van der Waals surface area (Å²) in [6.45, 7) is 0. The molecule has 0 saturated heterocycles. The average molecular weight is 304 g/mol. The van der Waals surface area contributed by atoms with E-state index in [1.165, 1.54) is 30.3 Å². The number of rotatable bonds is 3. The molecule has 2 nitrogen and oxygen atoms in total. The van der Waals surface area contributed by atoms with Crippen LogP contribution in [-0.4, -0.2) is 5.78 Å². The van der Waals surface area contributed by atoms with Crippen molar-refractivity contribution in [3.05, 3.63) is 75.8 Å². The smallest absolute Gasteiger partial charge is 0.203 e. The minimum atomic E-state index is -0.841. The molecule has 0 fully saturated rings. The lowest BCUT2D eigenvalue weighted by Gasteiger charge is -2.02. The van der Waals surface area contributed by atoms with Gasteiger partial charge in [-0.2, -0.15) is 5.26 Å². The quantitative estimate of drug-likeness (QED) is 0.479. The summed E-state index contributed by atoms with van der Waals surface area (Å²) in [6.07, 6.45) is 0.904. The second kappa shape index (κ2) is 6.29. The van der Waals surface area contributed by atoms with Crippen LogP contribution in [0.5, 0.6) is 0 Å². The molecule has 0 N–H and O–H groups in total. The van der Waals surface area contributed by atoms with E-state index in [9.17, 15) is 13.6 Å². The largest absolute Gasteiger partial charge is 0.288 e. The molecule has 0 unspecified atom stereocenters. The predicted octanol–water partition coefficient (Wildman–Crippen LogP) is 4.41. The van der Waals surface area contributed by atoms with E-state index in [4.69, 9.17) is 16.9 Å². The molecule has 0 aromatic heterocycles. The average Bonchev–Trinajstić information content (AvgIpc) is 2.47. The second-order valence-corrected chi connectivity index (χ2v) is 4.58. The molecule has 0 radical (unpaired) electrons. The molecular formula is C16H8ClF2NO. The van der Waals surface area contributed by atoms with Crippen LogP contribution in [0.15, 0.2) is 48.0 Å². The van der Waals surface area contributed by atoms with Gasteiger partial charge in [-0.25, -0.2) is 8.78 Å². The number of benzene rings is 2. The molecule has 5 heteroatoms. The van der Waals surface area contributed by atoms with Gasteiger partial charge in [0.05, 0.1) is 0 Å². The van der Waals surface area contributed by atoms with Gasteiger partial charge < -0.3 is 0 Å². The summed E-state index contributed by atoms with van der Waals surface area (Å²) in [5.74, 6) is -2.31. The van der Waals surface area contributed by atoms with Crippen LogP contribution in [-0.2, 0) is 0 Å². The van der Waals surface area contributed by atoms with Gasteiger partial charge in [0, 0.05) is 16.1 Å². The maximum atomic E-state index is 13.5. The van der Waals surface area contributed by atoms with Gasteiger partial charge in [-0.15, -0.1) is 0 Å². The Labute approximate surface area is 124 Å². The van der Waals surface area contributed by atoms with Crippen molar-refractivity contribution in [1.82, 2.24) is 0 Å². The minimum absolute atomic E-state index is 0.212. The molecule has 0 atom stereocenters. The first-order valence-electron chi connectivity index (χ1n) is 5.89. The van der Waals surface area contributed by atoms with E-state index in [1.54, 1.807) is 6.07 Å². The van der Waals surface area contributed by atoms with Gasteiger partial charge in [-0.1, -0.05) is 17.7 Å². The molecule has 0 spiro atoms. The van der Waals surface area contributed by atoms with Crippen LogP contribution < -0.4 is 0 Å². The summed E-state index contributed by atoms with van der Waals surface area (Å²) in [6, 6.07) is 10.8. The van der Waals surface area contributed by atoms with Crippen molar-refractivity contribution in [2.75, 3.05) is 0 Å². The summed E-state index contributed by atoms with van der Waals surface area (Å²) in [7, 11) is 0. The lowest BCUT2D eigenvalue weighted by atomic mass is 10.0. The van der Waals surface area contributed by atoms with Crippen LogP contribution in [0.25, 0.3) is 6.08 Å². The van der Waals surface area contributed by atoms with Crippen LogP contribution in [0.3, 0.4) is 0 Å². The SMILES string of the molecule is N#C/C(=C\c1c(F)cccc1F)C(=O)c1ccc(Cl)cc1. The maximum Gasteiger partial charge on any atom is 0.203 e. The molecule has 0 aliphatic carbocycles. The zero-order valence-electron chi connectivity index (χ0n) is 10.6. The molecule has 104 valence electrons. The first-order chi connectivity index (χ1) is 10.0. The Morgan fingerprint density at radius 2 is 1.67 bits per heavy atom. The molecule has 0 aliphatic rings. The lowest BCUT2D eigenvalue weighted by molar-refractivity contribution is 0.104. The van der Waals surface area contributed by atoms with Gasteiger partial charge in [0.2, 0.25) is 5.78 Å². The highest BCUT2D eigenvalue weighted by molar-refractivity contribution is 6.30. The van der Waals surface area contributed by atoms with Crippen molar-refractivity contribution in [1.29, 1.82) is 5.26 Å². The molecule has 2 aromatic rings. The van der Waals surface area contributed by atoms with E-state index in [0.29, 0.717) is 5.02 Å². The van der Waals surface area contributed by atoms with Crippen LogP contribution in [0, 0.1) is 23.0 Å². The van der Waals surface area contributed by atoms with Gasteiger partial charge in [0.1, 0.15) is 23.3 Å². The van der Waals surface area contributed by atoms with E-state index in [1.807, 2.05) is 0 Å². The number of nitriles is 1. The number of carbonyl (C=O) groups is 1. The van der Waals surface area contributed by atoms with E-state index in [2.05, 4.69) is 0 Å². The molecule has 0 amide bonds. The highest BCUT2D eigenvalue weighted by Crippen LogP contribution is 2.19. The Balaban J connectivity index is 2.45. The molecule has 0 saturated carbocycles. The van der Waals surface area contributed by atoms with Gasteiger partial charge in [-0.05, 0) is 42.5 Å². The molecule has 0 bridgehead atoms. The zero-order valence-corrected chi connectivity index (χ0v) is 11.4. The van der Waals surface area contributed by atoms with E-state index in [-0.39, 0.29) is 11.1 Å². The summed E-state index contributed by atoms with van der Waals surface area (Å²) >= 11 is 5.71. The number of hydrogen-bond donors (Lipinski definition) is 0. The fourth-order valence-corrected chi connectivity index (χ4v) is 1.82. The Bertz CT molecular complexity index is 741. The number of Topliss-reactive ketones (excluding diaryl/α,β-unsaturated/α-hetero) is 1. The first kappa shape index (κ1) is 14.9. The fourth-order valence-electron chi connectivity index (χ4n) is 1.70. The predicted molar refractivity (Wildman–Crippen MR) is 75.7 cm³/mol. The Hall–Kier alpha value is -2.51. The van der Waals surface area contributed by atoms with Crippen LogP contribution in [0.4, 0.5) is 8.78 Å². The lowest BCUT2D eigenvalue weighted by Crippen LogP contribution is -2.02. The number of carbonyl (C=O) groups excluding carboxylic acids is 1. The molecule has 21 heavy (non-hydrogen) atoms. The standard InChI is InChI=1S/C16H8ClF2NO/c17-12-6-4-10(5-7-12)16(21)11(9-20)8-13-14(18)2-1-3-15(13)19/h1-8H/b11-8+. The fraction of sp³-hybridized carbons (Fsp3) is 0. The van der Waals surface area contributed by atoms with Crippen molar-refractivity contribution in [2.45, 2.75) is 0 Å². The maximum absolute atomic E-state index is 13.5. The van der Waals surface area contributed by atoms with Crippen molar-refractivity contribution in [2.24, 2.45) is 0 Å². The normalized spacial score (nSPS) is 11.0. The number of hydrogen-bond acceptors (Lipinski definition) is 2. The topological polar surface area (TPSA) is 40.9 Å². The van der Waals surface area contributed by atoms with Gasteiger partial charge in [0.15, 0.2) is 0 Å². The number of nitrogens with zero attached hydrogens (tertiary/aromatic N) is 1. The van der Waals surface area contributed by atoms with Crippen LogP contribution in [0.1, 0.15) is 15.9 Å². The molecule has 0 aliphatic heterocycles. The third-order valence-electron chi connectivity index (χ3n) is 2.76. The molecule has 2 rings (SSSR count). The third kappa shape index (κ3) is 3.33. The first-order valence-corrected chi connectivity index (χ1v) is 6.27. The Kier molecular flexibility index (Phi) is 4.46. The van der Waals surface area contributed by atoms with E-state index in [0.717, 1.165) is 18.2 Å². The number of allylic oxidation sites excluding steroid dienone is 1.